The zero-order chi connectivity index (χ0) is 14.9. The maximum absolute atomic E-state index is 12.0. The van der Waals surface area contributed by atoms with Gasteiger partial charge in [-0.1, -0.05) is 6.07 Å². The van der Waals surface area contributed by atoms with Crippen LogP contribution < -0.4 is 0 Å². The third kappa shape index (κ3) is 3.50. The van der Waals surface area contributed by atoms with Crippen LogP contribution in [0.25, 0.3) is 0 Å². The molecule has 5 nitrogen and oxygen atoms in total. The number of aromatic hydroxyl groups is 1. The van der Waals surface area contributed by atoms with Crippen LogP contribution in [0, 0.1) is 0 Å². The number of phenols is 1. The Kier molecular flexibility index (Phi) is 3.70. The molecule has 108 valence electrons. The lowest BCUT2D eigenvalue weighted by atomic mass is 9.99. The van der Waals surface area contributed by atoms with Crippen molar-refractivity contribution < 1.29 is 19.4 Å². The van der Waals surface area contributed by atoms with Gasteiger partial charge in [-0.25, -0.2) is 0 Å². The van der Waals surface area contributed by atoms with Crippen LogP contribution >= 0.6 is 0 Å². The Morgan fingerprint density at radius 3 is 2.70 bits per heavy atom. The van der Waals surface area contributed by atoms with Crippen LogP contribution in [0.1, 0.15) is 31.9 Å². The highest BCUT2D eigenvalue weighted by atomic mass is 16.6. The van der Waals surface area contributed by atoms with E-state index in [0.29, 0.717) is 6.54 Å². The van der Waals surface area contributed by atoms with Gasteiger partial charge in [-0.05, 0) is 44.0 Å². The van der Waals surface area contributed by atoms with Crippen molar-refractivity contribution in [2.45, 2.75) is 39.3 Å². The number of ether oxygens (including phenoxy) is 1. The molecule has 1 aromatic rings. The van der Waals surface area contributed by atoms with Gasteiger partial charge in [0.25, 0.3) is 0 Å². The molecule has 0 saturated heterocycles. The Labute approximate surface area is 118 Å². The van der Waals surface area contributed by atoms with Crippen molar-refractivity contribution in [3.05, 3.63) is 29.3 Å². The number of esters is 1. The molecule has 0 aliphatic carbocycles. The minimum atomic E-state index is -0.556. The first kappa shape index (κ1) is 14.4. The molecular weight excluding hydrogens is 258 g/mol. The lowest BCUT2D eigenvalue weighted by Crippen LogP contribution is -2.41. The summed E-state index contributed by atoms with van der Waals surface area (Å²) in [4.78, 5) is 25.3. The normalized spacial score (nSPS) is 14.9. The number of hydrogen-bond donors (Lipinski definition) is 1. The quantitative estimate of drug-likeness (QED) is 0.834. The summed E-state index contributed by atoms with van der Waals surface area (Å²) < 4.78 is 5.22. The topological polar surface area (TPSA) is 66.8 Å². The lowest BCUT2D eigenvalue weighted by molar-refractivity contribution is -0.159. The van der Waals surface area contributed by atoms with E-state index in [1.54, 1.807) is 39.0 Å². The summed E-state index contributed by atoms with van der Waals surface area (Å²) in [5.41, 5.74) is 1.21. The summed E-state index contributed by atoms with van der Waals surface area (Å²) in [6.07, 6.45) is 0.201. The Hall–Kier alpha value is -2.04. The van der Waals surface area contributed by atoms with E-state index in [1.165, 1.54) is 4.90 Å². The number of phenolic OH excluding ortho intramolecular Hbond substituents is 1. The number of fused-ring (bicyclic) bond motifs is 1. The van der Waals surface area contributed by atoms with Crippen molar-refractivity contribution in [2.75, 3.05) is 6.54 Å². The molecule has 0 aromatic heterocycles. The molecule has 5 heteroatoms. The van der Waals surface area contributed by atoms with E-state index < -0.39 is 11.6 Å². The smallest absolute Gasteiger partial charge is 0.326 e. The fraction of sp³-hybridized carbons (Fsp3) is 0.467. The standard InChI is InChI=1S/C15H19NO4/c1-15(2,3)20-14(19)9-16-8-10-4-5-12(17)6-11(10)7-13(16)18/h4-6,17H,7-9H2,1-3H3. The number of rotatable bonds is 2. The van der Waals surface area contributed by atoms with Crippen LogP contribution in [-0.4, -0.2) is 34.0 Å². The van der Waals surface area contributed by atoms with Crippen LogP contribution in [0.4, 0.5) is 0 Å². The molecule has 0 radical (unpaired) electrons. The van der Waals surface area contributed by atoms with Crippen molar-refractivity contribution in [1.82, 2.24) is 4.90 Å². The molecule has 1 N–H and O–H groups in total. The number of carbonyl (C=O) groups is 2. The summed E-state index contributed by atoms with van der Waals surface area (Å²) in [7, 11) is 0. The summed E-state index contributed by atoms with van der Waals surface area (Å²) in [5, 5.41) is 9.41. The van der Waals surface area contributed by atoms with E-state index in [9.17, 15) is 14.7 Å². The molecule has 20 heavy (non-hydrogen) atoms. The van der Waals surface area contributed by atoms with Crippen molar-refractivity contribution in [2.24, 2.45) is 0 Å². The maximum atomic E-state index is 12.0. The summed E-state index contributed by atoms with van der Waals surface area (Å²) in [5.74, 6) is -0.390. The summed E-state index contributed by atoms with van der Waals surface area (Å²) >= 11 is 0. The predicted molar refractivity (Wildman–Crippen MR) is 73.1 cm³/mol. The van der Waals surface area contributed by atoms with Crippen molar-refractivity contribution in [3.63, 3.8) is 0 Å². The van der Waals surface area contributed by atoms with Gasteiger partial charge in [-0.2, -0.15) is 0 Å². The van der Waals surface area contributed by atoms with Crippen molar-refractivity contribution >= 4 is 11.9 Å². The van der Waals surface area contributed by atoms with Gasteiger partial charge in [0, 0.05) is 6.54 Å². The van der Waals surface area contributed by atoms with Crippen LogP contribution in [0.5, 0.6) is 5.75 Å². The highest BCUT2D eigenvalue weighted by Crippen LogP contribution is 2.23. The minimum absolute atomic E-state index is 0.0452. The number of nitrogens with zero attached hydrogens (tertiary/aromatic N) is 1. The van der Waals surface area contributed by atoms with Gasteiger partial charge >= 0.3 is 5.97 Å². The molecule has 0 unspecified atom stereocenters. The van der Waals surface area contributed by atoms with Gasteiger partial charge in [0.05, 0.1) is 6.42 Å². The van der Waals surface area contributed by atoms with E-state index in [0.717, 1.165) is 11.1 Å². The van der Waals surface area contributed by atoms with Crippen molar-refractivity contribution in [3.8, 4) is 5.75 Å². The van der Waals surface area contributed by atoms with E-state index in [4.69, 9.17) is 4.74 Å². The highest BCUT2D eigenvalue weighted by molar-refractivity contribution is 5.85. The van der Waals surface area contributed by atoms with Gasteiger partial charge in [-0.15, -0.1) is 0 Å². The zero-order valence-corrected chi connectivity index (χ0v) is 12.0. The Bertz CT molecular complexity index is 545. The second-order valence-corrected chi connectivity index (χ2v) is 5.97. The predicted octanol–water partition coefficient (Wildman–Crippen LogP) is 1.62. The molecular formula is C15H19NO4. The highest BCUT2D eigenvalue weighted by Gasteiger charge is 2.27. The molecule has 1 heterocycles. The molecule has 0 bridgehead atoms. The largest absolute Gasteiger partial charge is 0.508 e. The van der Waals surface area contributed by atoms with E-state index in [-0.39, 0.29) is 24.6 Å². The molecule has 0 spiro atoms. The molecule has 1 aromatic carbocycles. The number of carbonyl (C=O) groups excluding carboxylic acids is 2. The molecule has 1 amide bonds. The molecule has 2 rings (SSSR count). The fourth-order valence-corrected chi connectivity index (χ4v) is 2.17. The zero-order valence-electron chi connectivity index (χ0n) is 12.0. The summed E-state index contributed by atoms with van der Waals surface area (Å²) in [6.45, 7) is 5.70. The van der Waals surface area contributed by atoms with Crippen LogP contribution in [-0.2, 0) is 27.3 Å². The van der Waals surface area contributed by atoms with E-state index >= 15 is 0 Å². The Morgan fingerprint density at radius 1 is 1.35 bits per heavy atom. The Balaban J connectivity index is 2.06. The molecule has 0 fully saturated rings. The van der Waals surface area contributed by atoms with Crippen molar-refractivity contribution in [1.29, 1.82) is 0 Å². The fourth-order valence-electron chi connectivity index (χ4n) is 2.17. The lowest BCUT2D eigenvalue weighted by Gasteiger charge is -2.29. The second kappa shape index (κ2) is 5.15. The molecule has 0 atom stereocenters. The van der Waals surface area contributed by atoms with Crippen LogP contribution in [0.2, 0.25) is 0 Å². The van der Waals surface area contributed by atoms with E-state index in [1.807, 2.05) is 0 Å². The van der Waals surface area contributed by atoms with Gasteiger partial charge in [0.2, 0.25) is 5.91 Å². The second-order valence-electron chi connectivity index (χ2n) is 5.97. The molecule has 1 aliphatic heterocycles. The van der Waals surface area contributed by atoms with Gasteiger partial charge in [0.1, 0.15) is 17.9 Å². The number of hydrogen-bond acceptors (Lipinski definition) is 4. The van der Waals surface area contributed by atoms with E-state index in [2.05, 4.69) is 0 Å². The number of amides is 1. The SMILES string of the molecule is CC(C)(C)OC(=O)CN1Cc2ccc(O)cc2CC1=O. The first-order valence-electron chi connectivity index (χ1n) is 6.55. The number of benzene rings is 1. The summed E-state index contributed by atoms with van der Waals surface area (Å²) in [6, 6.07) is 4.96. The van der Waals surface area contributed by atoms with Gasteiger partial charge in [0.15, 0.2) is 0 Å². The third-order valence-electron chi connectivity index (χ3n) is 2.99. The first-order valence-corrected chi connectivity index (χ1v) is 6.55. The minimum Gasteiger partial charge on any atom is -0.508 e. The van der Waals surface area contributed by atoms with Gasteiger partial charge in [-0.3, -0.25) is 9.59 Å². The first-order chi connectivity index (χ1) is 9.24. The third-order valence-corrected chi connectivity index (χ3v) is 2.99. The average Bonchev–Trinajstić information content (AvgIpc) is 2.28. The monoisotopic (exact) mass is 277 g/mol. The van der Waals surface area contributed by atoms with Crippen LogP contribution in [0.3, 0.4) is 0 Å². The Morgan fingerprint density at radius 2 is 2.05 bits per heavy atom. The van der Waals surface area contributed by atoms with Gasteiger partial charge < -0.3 is 14.7 Å². The maximum Gasteiger partial charge on any atom is 0.326 e. The van der Waals surface area contributed by atoms with Crippen LogP contribution in [0.15, 0.2) is 18.2 Å². The molecule has 0 saturated carbocycles. The average molecular weight is 277 g/mol. The molecule has 1 aliphatic rings.